The molecule has 0 unspecified atom stereocenters. The lowest BCUT2D eigenvalue weighted by Crippen LogP contribution is -1.99. The molecule has 55 valence electrons. The molecule has 1 radical (unpaired) electrons. The molecule has 0 aliphatic heterocycles. The fraction of sp³-hybridized carbons (Fsp3) is 0.750. The molecule has 0 aromatic heterocycles. The topological polar surface area (TPSA) is 63.6 Å². The average molecular weight is 153 g/mol. The van der Waals surface area contributed by atoms with E-state index in [0.29, 0.717) is 6.61 Å². The van der Waals surface area contributed by atoms with Crippen LogP contribution in [0.4, 0.5) is 0 Å². The third kappa shape index (κ3) is 7.87. The lowest BCUT2D eigenvalue weighted by molar-refractivity contribution is 0.202. The van der Waals surface area contributed by atoms with Crippen LogP contribution in [0.25, 0.3) is 0 Å². The Morgan fingerprint density at radius 1 is 1.67 bits per heavy atom. The molecule has 0 aromatic rings. The Kier molecular flexibility index (Phi) is 3.76. The molecular weight excluding hydrogens is 144 g/mol. The summed E-state index contributed by atoms with van der Waals surface area (Å²) in [5.74, 6) is 0.802. The highest BCUT2D eigenvalue weighted by Crippen LogP contribution is 1.94. The number of rotatable bonds is 4. The highest BCUT2D eigenvalue weighted by Gasteiger charge is 2.02. The van der Waals surface area contributed by atoms with E-state index in [-0.39, 0.29) is 6.42 Å². The Hall–Kier alpha value is -0.130. The molecule has 0 amide bonds. The Labute approximate surface area is 54.6 Å². The minimum Gasteiger partial charge on any atom is -0.385 e. The van der Waals surface area contributed by atoms with Gasteiger partial charge in [0.05, 0.1) is 0 Å². The van der Waals surface area contributed by atoms with Crippen molar-refractivity contribution < 1.29 is 17.7 Å². The molecule has 0 fully saturated rings. The van der Waals surface area contributed by atoms with E-state index in [0.717, 1.165) is 5.75 Å². The lowest BCUT2D eigenvalue weighted by Gasteiger charge is -1.93. The summed E-state index contributed by atoms with van der Waals surface area (Å²) in [5, 5.41) is 0. The molecule has 0 saturated carbocycles. The van der Waals surface area contributed by atoms with E-state index in [1.54, 1.807) is 0 Å². The molecular formula is C4H9O4S. The Bertz CT molecular complexity index is 148. The summed E-state index contributed by atoms with van der Waals surface area (Å²) >= 11 is 0. The van der Waals surface area contributed by atoms with Crippen LogP contribution in [0.1, 0.15) is 6.42 Å². The molecule has 0 saturated heterocycles. The quantitative estimate of drug-likeness (QED) is 0.458. The summed E-state index contributed by atoms with van der Waals surface area (Å²) in [7, 11) is -2.45. The first-order valence-corrected chi connectivity index (χ1v) is 3.86. The standard InChI is InChI=1S/C4H9O4S/c1-8-3-2-4-9(5,6)7/h4H,2-3H2,1H3,(H,5,6,7). The molecule has 0 spiro atoms. The Morgan fingerprint density at radius 3 is 2.56 bits per heavy atom. The van der Waals surface area contributed by atoms with Crippen molar-refractivity contribution in [3.05, 3.63) is 5.75 Å². The van der Waals surface area contributed by atoms with Gasteiger partial charge < -0.3 is 4.74 Å². The third-order valence-corrected chi connectivity index (χ3v) is 1.31. The van der Waals surface area contributed by atoms with E-state index in [1.807, 2.05) is 0 Å². The van der Waals surface area contributed by atoms with Gasteiger partial charge in [0.15, 0.2) is 0 Å². The molecule has 0 heterocycles. The molecule has 0 aliphatic carbocycles. The molecule has 0 rings (SSSR count). The summed E-state index contributed by atoms with van der Waals surface area (Å²) in [6, 6.07) is 0. The van der Waals surface area contributed by atoms with Crippen molar-refractivity contribution in [2.45, 2.75) is 6.42 Å². The molecule has 0 atom stereocenters. The molecule has 9 heavy (non-hydrogen) atoms. The first-order valence-electron chi connectivity index (χ1n) is 2.36. The van der Waals surface area contributed by atoms with E-state index in [9.17, 15) is 8.42 Å². The van der Waals surface area contributed by atoms with Crippen LogP contribution in [0.3, 0.4) is 0 Å². The maximum absolute atomic E-state index is 9.95. The third-order valence-electron chi connectivity index (χ3n) is 0.650. The summed E-state index contributed by atoms with van der Waals surface area (Å²) in [5.41, 5.74) is 0. The van der Waals surface area contributed by atoms with Gasteiger partial charge >= 0.3 is 0 Å². The van der Waals surface area contributed by atoms with Crippen LogP contribution in [-0.4, -0.2) is 26.7 Å². The fourth-order valence-corrected chi connectivity index (χ4v) is 0.709. The van der Waals surface area contributed by atoms with Gasteiger partial charge in [-0.25, -0.2) is 0 Å². The van der Waals surface area contributed by atoms with Crippen LogP contribution in [-0.2, 0) is 14.9 Å². The van der Waals surface area contributed by atoms with Crippen molar-refractivity contribution in [1.29, 1.82) is 0 Å². The van der Waals surface area contributed by atoms with Gasteiger partial charge in [0.2, 0.25) is 0 Å². The van der Waals surface area contributed by atoms with Crippen LogP contribution in [0.5, 0.6) is 0 Å². The monoisotopic (exact) mass is 153 g/mol. The zero-order valence-corrected chi connectivity index (χ0v) is 5.89. The van der Waals surface area contributed by atoms with Crippen molar-refractivity contribution in [2.75, 3.05) is 13.7 Å². The molecule has 0 aliphatic rings. The highest BCUT2D eigenvalue weighted by atomic mass is 32.2. The average Bonchev–Trinajstić information content (AvgIpc) is 1.63. The van der Waals surface area contributed by atoms with Crippen molar-refractivity contribution in [3.8, 4) is 0 Å². The van der Waals surface area contributed by atoms with Gasteiger partial charge in [-0.3, -0.25) is 4.55 Å². The Balaban J connectivity index is 3.30. The number of hydrogen-bond donors (Lipinski definition) is 1. The van der Waals surface area contributed by atoms with E-state index in [4.69, 9.17) is 4.55 Å². The first kappa shape index (κ1) is 8.87. The predicted octanol–water partition coefficient (Wildman–Crippen LogP) is 0.0725. The number of methoxy groups -OCH3 is 1. The largest absolute Gasteiger partial charge is 0.385 e. The second kappa shape index (κ2) is 3.81. The van der Waals surface area contributed by atoms with Crippen LogP contribution in [0.15, 0.2) is 0 Å². The van der Waals surface area contributed by atoms with Crippen LogP contribution in [0.2, 0.25) is 0 Å². The van der Waals surface area contributed by atoms with Gasteiger partial charge in [0.25, 0.3) is 10.1 Å². The van der Waals surface area contributed by atoms with Crippen LogP contribution < -0.4 is 0 Å². The summed E-state index contributed by atoms with van der Waals surface area (Å²) < 4.78 is 32.5. The van der Waals surface area contributed by atoms with Crippen LogP contribution >= 0.6 is 0 Å². The van der Waals surface area contributed by atoms with Gasteiger partial charge in [0, 0.05) is 13.7 Å². The van der Waals surface area contributed by atoms with Gasteiger partial charge in [-0.05, 0) is 6.42 Å². The Morgan fingerprint density at radius 2 is 2.22 bits per heavy atom. The minimum atomic E-state index is -3.90. The summed E-state index contributed by atoms with van der Waals surface area (Å²) in [6.45, 7) is 0.305. The summed E-state index contributed by atoms with van der Waals surface area (Å²) in [6.07, 6.45) is 0.218. The molecule has 0 bridgehead atoms. The van der Waals surface area contributed by atoms with Gasteiger partial charge in [-0.15, -0.1) is 0 Å². The van der Waals surface area contributed by atoms with E-state index < -0.39 is 10.1 Å². The maximum Gasteiger partial charge on any atom is 0.269 e. The van der Waals surface area contributed by atoms with E-state index >= 15 is 0 Å². The lowest BCUT2D eigenvalue weighted by atomic mass is 10.5. The number of ether oxygens (including phenoxy) is 1. The second-order valence-electron chi connectivity index (χ2n) is 1.46. The van der Waals surface area contributed by atoms with Gasteiger partial charge in [-0.1, -0.05) is 0 Å². The van der Waals surface area contributed by atoms with Gasteiger partial charge in [0.1, 0.15) is 5.75 Å². The predicted molar refractivity (Wildman–Crippen MR) is 32.3 cm³/mol. The molecule has 5 heteroatoms. The normalized spacial score (nSPS) is 11.8. The zero-order chi connectivity index (χ0) is 7.33. The minimum absolute atomic E-state index is 0.218. The summed E-state index contributed by atoms with van der Waals surface area (Å²) in [4.78, 5) is 0. The fourth-order valence-electron chi connectivity index (χ4n) is 0.315. The van der Waals surface area contributed by atoms with E-state index in [1.165, 1.54) is 7.11 Å². The smallest absolute Gasteiger partial charge is 0.269 e. The van der Waals surface area contributed by atoms with E-state index in [2.05, 4.69) is 4.74 Å². The van der Waals surface area contributed by atoms with Crippen molar-refractivity contribution in [1.82, 2.24) is 0 Å². The molecule has 4 nitrogen and oxygen atoms in total. The van der Waals surface area contributed by atoms with Crippen LogP contribution in [0, 0.1) is 5.75 Å². The number of hydrogen-bond acceptors (Lipinski definition) is 3. The SMILES string of the molecule is COCC[CH]S(=O)(=O)O. The molecule has 1 N–H and O–H groups in total. The first-order chi connectivity index (χ1) is 4.06. The second-order valence-corrected chi connectivity index (χ2v) is 2.83. The van der Waals surface area contributed by atoms with Crippen molar-refractivity contribution in [2.24, 2.45) is 0 Å². The zero-order valence-electron chi connectivity index (χ0n) is 5.07. The molecule has 0 aromatic carbocycles. The van der Waals surface area contributed by atoms with Crippen molar-refractivity contribution in [3.63, 3.8) is 0 Å². The van der Waals surface area contributed by atoms with Gasteiger partial charge in [-0.2, -0.15) is 8.42 Å². The highest BCUT2D eigenvalue weighted by molar-refractivity contribution is 7.87. The maximum atomic E-state index is 9.95. The van der Waals surface area contributed by atoms with Crippen molar-refractivity contribution >= 4 is 10.1 Å².